The minimum absolute atomic E-state index is 0.0465. The third kappa shape index (κ3) is 3.47. The van der Waals surface area contributed by atoms with Gasteiger partial charge in [-0.05, 0) is 63.9 Å². The molecule has 0 spiro atoms. The van der Waals surface area contributed by atoms with E-state index in [0.717, 1.165) is 19.3 Å². The van der Waals surface area contributed by atoms with Crippen LogP contribution in [0.3, 0.4) is 0 Å². The van der Waals surface area contributed by atoms with Crippen LogP contribution in [-0.4, -0.2) is 29.4 Å². The number of benzene rings is 1. The number of ether oxygens (including phenoxy) is 2. The monoisotopic (exact) mass is 346 g/mol. The molecule has 3 saturated carbocycles. The van der Waals surface area contributed by atoms with Crippen molar-refractivity contribution < 1.29 is 19.4 Å². The van der Waals surface area contributed by atoms with Crippen LogP contribution < -0.4 is 0 Å². The lowest BCUT2D eigenvalue weighted by molar-refractivity contribution is -0.212. The van der Waals surface area contributed by atoms with Gasteiger partial charge in [-0.1, -0.05) is 30.3 Å². The largest absolute Gasteiger partial charge is 0.460 e. The lowest BCUT2D eigenvalue weighted by atomic mass is 9.53. The molecule has 0 heterocycles. The minimum atomic E-state index is -0.984. The van der Waals surface area contributed by atoms with Crippen molar-refractivity contribution in [3.05, 3.63) is 35.9 Å². The second kappa shape index (κ2) is 6.40. The van der Waals surface area contributed by atoms with Gasteiger partial charge in [0.1, 0.15) is 5.60 Å². The molecule has 0 aromatic heterocycles. The number of hydrogen-bond acceptors (Lipinski definition) is 4. The summed E-state index contributed by atoms with van der Waals surface area (Å²) in [6, 6.07) is 10.3. The maximum atomic E-state index is 12.3. The highest BCUT2D eigenvalue weighted by molar-refractivity contribution is 5.71. The standard InChI is InChI=1S/C21H30O4/c1-19(2,3)25-18(22)14-20(23)12-17-11-10-16(20)13-21(17,24-4)15-8-6-5-7-9-15/h5-9,16-17,23H,10-14H2,1-4H3/t16-,17-,20-,21-/m1/s1. The van der Waals surface area contributed by atoms with Gasteiger partial charge in [0.15, 0.2) is 0 Å². The third-order valence-electron chi connectivity index (χ3n) is 5.93. The summed E-state index contributed by atoms with van der Waals surface area (Å²) in [7, 11) is 1.76. The van der Waals surface area contributed by atoms with Crippen LogP contribution in [0.2, 0.25) is 0 Å². The zero-order chi connectivity index (χ0) is 18.3. The molecule has 25 heavy (non-hydrogen) atoms. The van der Waals surface area contributed by atoms with Crippen molar-refractivity contribution in [3.8, 4) is 0 Å². The van der Waals surface area contributed by atoms with Crippen LogP contribution in [0.1, 0.15) is 58.4 Å². The molecule has 4 rings (SSSR count). The smallest absolute Gasteiger partial charge is 0.309 e. The van der Waals surface area contributed by atoms with Crippen molar-refractivity contribution >= 4 is 5.97 Å². The molecule has 0 unspecified atom stereocenters. The fourth-order valence-corrected chi connectivity index (χ4v) is 4.87. The first-order valence-corrected chi connectivity index (χ1v) is 9.23. The van der Waals surface area contributed by atoms with Crippen LogP contribution in [0.15, 0.2) is 30.3 Å². The molecular formula is C21H30O4. The zero-order valence-electron chi connectivity index (χ0n) is 15.7. The van der Waals surface area contributed by atoms with Crippen LogP contribution in [-0.2, 0) is 19.9 Å². The third-order valence-corrected chi connectivity index (χ3v) is 5.93. The average Bonchev–Trinajstić information content (AvgIpc) is 2.53. The molecule has 4 atom stereocenters. The molecule has 4 nitrogen and oxygen atoms in total. The summed E-state index contributed by atoms with van der Waals surface area (Å²) in [5, 5.41) is 11.2. The number of carbonyl (C=O) groups excluding carboxylic acids is 1. The van der Waals surface area contributed by atoms with Gasteiger partial charge >= 0.3 is 5.97 Å². The molecule has 3 aliphatic carbocycles. The van der Waals surface area contributed by atoms with Gasteiger partial charge in [0.25, 0.3) is 0 Å². The Morgan fingerprint density at radius 2 is 1.80 bits per heavy atom. The highest BCUT2D eigenvalue weighted by atomic mass is 16.6. The van der Waals surface area contributed by atoms with E-state index < -0.39 is 11.2 Å². The topological polar surface area (TPSA) is 55.8 Å². The number of esters is 1. The summed E-state index contributed by atoms with van der Waals surface area (Å²) in [6.07, 6.45) is 3.35. The fraction of sp³-hybridized carbons (Fsp3) is 0.667. The summed E-state index contributed by atoms with van der Waals surface area (Å²) in [4.78, 5) is 12.3. The molecule has 0 saturated heterocycles. The highest BCUT2D eigenvalue weighted by Crippen LogP contribution is 2.58. The van der Waals surface area contributed by atoms with E-state index in [0.29, 0.717) is 6.42 Å². The van der Waals surface area contributed by atoms with Gasteiger partial charge in [-0.3, -0.25) is 4.79 Å². The predicted octanol–water partition coefficient (Wildman–Crippen LogP) is 3.81. The normalized spacial score (nSPS) is 34.8. The van der Waals surface area contributed by atoms with E-state index in [9.17, 15) is 9.90 Å². The molecule has 0 aliphatic heterocycles. The molecule has 3 aliphatic rings. The SMILES string of the molecule is CO[C@@]1(c2ccccc2)C[C@H]2CC[C@@H]1C[C@@]2(O)CC(=O)OC(C)(C)C. The minimum Gasteiger partial charge on any atom is -0.460 e. The second-order valence-electron chi connectivity index (χ2n) is 8.71. The van der Waals surface area contributed by atoms with Gasteiger partial charge in [0, 0.05) is 7.11 Å². The van der Waals surface area contributed by atoms with Crippen molar-refractivity contribution in [2.24, 2.45) is 11.8 Å². The first-order valence-electron chi connectivity index (χ1n) is 9.23. The molecule has 1 aromatic carbocycles. The molecular weight excluding hydrogens is 316 g/mol. The Kier molecular flexibility index (Phi) is 4.71. The van der Waals surface area contributed by atoms with Crippen molar-refractivity contribution in [1.82, 2.24) is 0 Å². The van der Waals surface area contributed by atoms with Gasteiger partial charge in [0.2, 0.25) is 0 Å². The van der Waals surface area contributed by atoms with Crippen LogP contribution in [0.4, 0.5) is 0 Å². The quantitative estimate of drug-likeness (QED) is 0.842. The maximum Gasteiger partial charge on any atom is 0.309 e. The number of hydrogen-bond donors (Lipinski definition) is 1. The molecule has 3 fully saturated rings. The number of carbonyl (C=O) groups is 1. The molecule has 4 heteroatoms. The van der Waals surface area contributed by atoms with Gasteiger partial charge < -0.3 is 14.6 Å². The summed E-state index contributed by atoms with van der Waals surface area (Å²) in [5.74, 6) is -0.0622. The van der Waals surface area contributed by atoms with Crippen molar-refractivity contribution in [2.45, 2.75) is 69.7 Å². The van der Waals surface area contributed by atoms with Crippen LogP contribution >= 0.6 is 0 Å². The summed E-state index contributed by atoms with van der Waals surface area (Å²) in [5.41, 5.74) is -0.695. The maximum absolute atomic E-state index is 12.3. The Labute approximate surface area is 150 Å². The van der Waals surface area contributed by atoms with Gasteiger partial charge in [-0.15, -0.1) is 0 Å². The number of methoxy groups -OCH3 is 1. The molecule has 0 amide bonds. The van der Waals surface area contributed by atoms with E-state index in [-0.39, 0.29) is 29.8 Å². The van der Waals surface area contributed by atoms with Gasteiger partial charge in [-0.25, -0.2) is 0 Å². The highest BCUT2D eigenvalue weighted by Gasteiger charge is 2.58. The summed E-state index contributed by atoms with van der Waals surface area (Å²) in [6.45, 7) is 5.56. The molecule has 2 bridgehead atoms. The van der Waals surface area contributed by atoms with Crippen LogP contribution in [0, 0.1) is 11.8 Å². The van der Waals surface area contributed by atoms with Gasteiger partial charge in [0.05, 0.1) is 17.6 Å². The Bertz CT molecular complexity index is 621. The molecule has 0 radical (unpaired) electrons. The van der Waals surface area contributed by atoms with E-state index in [1.165, 1.54) is 5.56 Å². The Morgan fingerprint density at radius 3 is 2.32 bits per heavy atom. The first-order chi connectivity index (χ1) is 11.7. The Morgan fingerprint density at radius 1 is 1.16 bits per heavy atom. The Balaban J connectivity index is 1.81. The summed E-state index contributed by atoms with van der Waals surface area (Å²) >= 11 is 0. The lowest BCUT2D eigenvalue weighted by Crippen LogP contribution is -2.58. The van der Waals surface area contributed by atoms with E-state index in [4.69, 9.17) is 9.47 Å². The van der Waals surface area contributed by atoms with E-state index in [1.807, 2.05) is 39.0 Å². The second-order valence-corrected chi connectivity index (χ2v) is 8.71. The predicted molar refractivity (Wildman–Crippen MR) is 96.0 cm³/mol. The number of fused-ring (bicyclic) bond motifs is 3. The van der Waals surface area contributed by atoms with Crippen molar-refractivity contribution in [1.29, 1.82) is 0 Å². The average molecular weight is 346 g/mol. The van der Waals surface area contributed by atoms with E-state index in [2.05, 4.69) is 12.1 Å². The van der Waals surface area contributed by atoms with Crippen LogP contribution in [0.25, 0.3) is 0 Å². The van der Waals surface area contributed by atoms with Crippen LogP contribution in [0.5, 0.6) is 0 Å². The molecule has 1 N–H and O–H groups in total. The van der Waals surface area contributed by atoms with E-state index in [1.54, 1.807) is 7.11 Å². The number of aliphatic hydroxyl groups is 1. The zero-order valence-corrected chi connectivity index (χ0v) is 15.7. The van der Waals surface area contributed by atoms with Gasteiger partial charge in [-0.2, -0.15) is 0 Å². The van der Waals surface area contributed by atoms with Crippen molar-refractivity contribution in [2.75, 3.05) is 7.11 Å². The van der Waals surface area contributed by atoms with Crippen molar-refractivity contribution in [3.63, 3.8) is 0 Å². The fourth-order valence-electron chi connectivity index (χ4n) is 4.87. The van der Waals surface area contributed by atoms with E-state index >= 15 is 0 Å². The molecule has 1 aromatic rings. The number of rotatable bonds is 4. The molecule has 138 valence electrons. The Hall–Kier alpha value is -1.39. The lowest BCUT2D eigenvalue weighted by Gasteiger charge is -2.57. The summed E-state index contributed by atoms with van der Waals surface area (Å²) < 4.78 is 11.5. The first kappa shape index (κ1) is 18.4.